The van der Waals surface area contributed by atoms with Crippen molar-refractivity contribution in [3.63, 3.8) is 0 Å². The molecular formula is C17H19N3O. The Kier molecular flexibility index (Phi) is 3.37. The highest BCUT2D eigenvalue weighted by Gasteiger charge is 2.16. The van der Waals surface area contributed by atoms with E-state index in [1.54, 1.807) is 6.07 Å². The van der Waals surface area contributed by atoms with E-state index < -0.39 is 0 Å². The van der Waals surface area contributed by atoms with Crippen LogP contribution in [0.5, 0.6) is 0 Å². The standard InChI is InChI=1S/C17H19N3O/c1-4-10-19-15(21)11-12(2)16-13(3)18-20(17(16)19)14-8-6-5-7-9-14/h5-9,11H,4,10H2,1-3H3. The molecule has 0 atom stereocenters. The van der Waals surface area contributed by atoms with Crippen molar-refractivity contribution in [1.29, 1.82) is 0 Å². The Hall–Kier alpha value is -2.36. The molecule has 0 N–H and O–H groups in total. The first-order chi connectivity index (χ1) is 10.1. The minimum absolute atomic E-state index is 0.0407. The van der Waals surface area contributed by atoms with Gasteiger partial charge in [-0.05, 0) is 38.0 Å². The molecule has 0 saturated carbocycles. The van der Waals surface area contributed by atoms with Gasteiger partial charge in [0.15, 0.2) is 0 Å². The van der Waals surface area contributed by atoms with Crippen molar-refractivity contribution in [2.24, 2.45) is 0 Å². The zero-order valence-electron chi connectivity index (χ0n) is 12.6. The Morgan fingerprint density at radius 2 is 1.86 bits per heavy atom. The van der Waals surface area contributed by atoms with Crippen molar-refractivity contribution in [3.8, 4) is 5.69 Å². The van der Waals surface area contributed by atoms with Gasteiger partial charge in [-0.2, -0.15) is 5.10 Å². The number of nitrogens with zero attached hydrogens (tertiary/aromatic N) is 3. The summed E-state index contributed by atoms with van der Waals surface area (Å²) in [6.07, 6.45) is 0.914. The molecule has 0 saturated heterocycles. The molecule has 0 aliphatic rings. The topological polar surface area (TPSA) is 39.8 Å². The maximum absolute atomic E-state index is 12.4. The van der Waals surface area contributed by atoms with Gasteiger partial charge in [-0.25, -0.2) is 4.68 Å². The summed E-state index contributed by atoms with van der Waals surface area (Å²) >= 11 is 0. The van der Waals surface area contributed by atoms with Crippen molar-refractivity contribution in [2.45, 2.75) is 33.7 Å². The lowest BCUT2D eigenvalue weighted by atomic mass is 10.1. The van der Waals surface area contributed by atoms with Crippen LogP contribution >= 0.6 is 0 Å². The van der Waals surface area contributed by atoms with Gasteiger partial charge in [0, 0.05) is 18.0 Å². The van der Waals surface area contributed by atoms with Gasteiger partial charge in [0.05, 0.1) is 11.4 Å². The summed E-state index contributed by atoms with van der Waals surface area (Å²) in [6.45, 7) is 6.75. The predicted molar refractivity (Wildman–Crippen MR) is 85.1 cm³/mol. The van der Waals surface area contributed by atoms with Crippen molar-refractivity contribution >= 4 is 11.0 Å². The van der Waals surface area contributed by atoms with E-state index in [0.717, 1.165) is 34.4 Å². The molecule has 21 heavy (non-hydrogen) atoms. The second kappa shape index (κ2) is 5.20. The number of hydrogen-bond acceptors (Lipinski definition) is 2. The molecule has 0 radical (unpaired) electrons. The number of para-hydroxylation sites is 1. The van der Waals surface area contributed by atoms with Crippen molar-refractivity contribution < 1.29 is 0 Å². The molecule has 108 valence electrons. The fourth-order valence-electron chi connectivity index (χ4n) is 2.85. The van der Waals surface area contributed by atoms with Gasteiger partial charge in [-0.3, -0.25) is 9.36 Å². The molecule has 2 aromatic heterocycles. The molecule has 2 heterocycles. The summed E-state index contributed by atoms with van der Waals surface area (Å²) < 4.78 is 3.71. The van der Waals surface area contributed by atoms with Crippen molar-refractivity contribution in [1.82, 2.24) is 14.3 Å². The number of hydrogen-bond donors (Lipinski definition) is 0. The highest BCUT2D eigenvalue weighted by Crippen LogP contribution is 2.23. The highest BCUT2D eigenvalue weighted by atomic mass is 16.1. The van der Waals surface area contributed by atoms with Gasteiger partial charge < -0.3 is 0 Å². The van der Waals surface area contributed by atoms with E-state index in [1.807, 2.05) is 53.4 Å². The molecule has 1 aromatic carbocycles. The van der Waals surface area contributed by atoms with Crippen LogP contribution in [-0.4, -0.2) is 14.3 Å². The Morgan fingerprint density at radius 3 is 2.52 bits per heavy atom. The summed E-state index contributed by atoms with van der Waals surface area (Å²) in [5.74, 6) is 0. The number of rotatable bonds is 3. The number of fused-ring (bicyclic) bond motifs is 1. The molecule has 4 heteroatoms. The van der Waals surface area contributed by atoms with Gasteiger partial charge in [-0.1, -0.05) is 25.1 Å². The molecule has 0 bridgehead atoms. The largest absolute Gasteiger partial charge is 0.293 e. The van der Waals surface area contributed by atoms with Crippen molar-refractivity contribution in [3.05, 3.63) is 58.0 Å². The zero-order valence-corrected chi connectivity index (χ0v) is 12.6. The van der Waals surface area contributed by atoms with E-state index in [-0.39, 0.29) is 5.56 Å². The third-order valence-electron chi connectivity index (χ3n) is 3.74. The van der Waals surface area contributed by atoms with Crippen LogP contribution in [0.4, 0.5) is 0 Å². The third-order valence-corrected chi connectivity index (χ3v) is 3.74. The van der Waals surface area contributed by atoms with E-state index in [2.05, 4.69) is 12.0 Å². The lowest BCUT2D eigenvalue weighted by Gasteiger charge is -2.11. The van der Waals surface area contributed by atoms with Gasteiger partial charge in [0.1, 0.15) is 5.65 Å². The fraction of sp³-hybridized carbons (Fsp3) is 0.294. The Labute approximate surface area is 123 Å². The van der Waals surface area contributed by atoms with E-state index >= 15 is 0 Å². The SMILES string of the molecule is CCCn1c(=O)cc(C)c2c(C)nn(-c3ccccc3)c21. The number of benzene rings is 1. The van der Waals surface area contributed by atoms with Crippen LogP contribution < -0.4 is 5.56 Å². The van der Waals surface area contributed by atoms with Crippen LogP contribution in [0, 0.1) is 13.8 Å². The molecule has 0 unspecified atom stereocenters. The molecule has 0 spiro atoms. The van der Waals surface area contributed by atoms with E-state index in [9.17, 15) is 4.79 Å². The third kappa shape index (κ3) is 2.17. The Bertz CT molecular complexity index is 844. The van der Waals surface area contributed by atoms with Crippen LogP contribution in [0.25, 0.3) is 16.7 Å². The van der Waals surface area contributed by atoms with Crippen LogP contribution in [0.2, 0.25) is 0 Å². The molecule has 3 rings (SSSR count). The molecule has 0 aliphatic heterocycles. The van der Waals surface area contributed by atoms with E-state index in [4.69, 9.17) is 0 Å². The molecule has 0 fully saturated rings. The molecule has 4 nitrogen and oxygen atoms in total. The number of pyridine rings is 1. The van der Waals surface area contributed by atoms with Crippen molar-refractivity contribution in [2.75, 3.05) is 0 Å². The number of aromatic nitrogens is 3. The first-order valence-corrected chi connectivity index (χ1v) is 7.28. The average Bonchev–Trinajstić information content (AvgIpc) is 2.82. The first-order valence-electron chi connectivity index (χ1n) is 7.28. The van der Waals surface area contributed by atoms with Crippen LogP contribution in [0.1, 0.15) is 24.6 Å². The molecular weight excluding hydrogens is 262 g/mol. The first kappa shape index (κ1) is 13.6. The van der Waals surface area contributed by atoms with E-state index in [0.29, 0.717) is 6.54 Å². The normalized spacial score (nSPS) is 11.2. The van der Waals surface area contributed by atoms with Crippen LogP contribution in [0.3, 0.4) is 0 Å². The Balaban J connectivity index is 2.44. The molecule has 0 aliphatic carbocycles. The molecule has 0 amide bonds. The second-order valence-electron chi connectivity index (χ2n) is 5.35. The molecule has 3 aromatic rings. The van der Waals surface area contributed by atoms with Gasteiger partial charge in [-0.15, -0.1) is 0 Å². The maximum Gasteiger partial charge on any atom is 0.252 e. The smallest absolute Gasteiger partial charge is 0.252 e. The summed E-state index contributed by atoms with van der Waals surface area (Å²) in [4.78, 5) is 12.4. The van der Waals surface area contributed by atoms with Gasteiger partial charge in [0.2, 0.25) is 0 Å². The predicted octanol–water partition coefficient (Wildman–Crippen LogP) is 3.21. The fourth-order valence-corrected chi connectivity index (χ4v) is 2.85. The number of aryl methyl sites for hydroxylation is 3. The lowest BCUT2D eigenvalue weighted by molar-refractivity contribution is 0.659. The Morgan fingerprint density at radius 1 is 1.14 bits per heavy atom. The lowest BCUT2D eigenvalue weighted by Crippen LogP contribution is -2.21. The minimum atomic E-state index is 0.0407. The maximum atomic E-state index is 12.4. The van der Waals surface area contributed by atoms with E-state index in [1.165, 1.54) is 0 Å². The zero-order chi connectivity index (χ0) is 15.0. The quantitative estimate of drug-likeness (QED) is 0.739. The van der Waals surface area contributed by atoms with Crippen LogP contribution in [-0.2, 0) is 6.54 Å². The highest BCUT2D eigenvalue weighted by molar-refractivity contribution is 5.83. The summed E-state index contributed by atoms with van der Waals surface area (Å²) in [5, 5.41) is 5.74. The van der Waals surface area contributed by atoms with Crippen LogP contribution in [0.15, 0.2) is 41.2 Å². The second-order valence-corrected chi connectivity index (χ2v) is 5.35. The minimum Gasteiger partial charge on any atom is -0.293 e. The summed E-state index contributed by atoms with van der Waals surface area (Å²) in [6, 6.07) is 11.7. The van der Waals surface area contributed by atoms with Gasteiger partial charge in [0.25, 0.3) is 5.56 Å². The summed E-state index contributed by atoms with van der Waals surface area (Å²) in [7, 11) is 0. The summed E-state index contributed by atoms with van der Waals surface area (Å²) in [5.41, 5.74) is 3.85. The average molecular weight is 281 g/mol. The van der Waals surface area contributed by atoms with Gasteiger partial charge >= 0.3 is 0 Å². The monoisotopic (exact) mass is 281 g/mol.